The fourth-order valence-corrected chi connectivity index (χ4v) is 2.71. The molecule has 3 N–H and O–H groups in total. The van der Waals surface area contributed by atoms with Crippen LogP contribution in [-0.4, -0.2) is 20.7 Å². The van der Waals surface area contributed by atoms with E-state index in [1.165, 1.54) is 4.68 Å². The van der Waals surface area contributed by atoms with Gasteiger partial charge in [-0.3, -0.25) is 9.48 Å². The number of hydrogen-bond donors (Lipinski definition) is 2. The summed E-state index contributed by atoms with van der Waals surface area (Å²) in [5.41, 5.74) is 6.45. The summed E-state index contributed by atoms with van der Waals surface area (Å²) in [4.78, 5) is 16.8. The third-order valence-electron chi connectivity index (χ3n) is 3.14. The van der Waals surface area contributed by atoms with Crippen molar-refractivity contribution < 1.29 is 9.21 Å². The van der Waals surface area contributed by atoms with E-state index in [1.54, 1.807) is 24.6 Å². The smallest absolute Gasteiger partial charge is 0.254 e. The highest BCUT2D eigenvalue weighted by molar-refractivity contribution is 7.13. The molecule has 0 aliphatic rings. The number of amides is 1. The summed E-state index contributed by atoms with van der Waals surface area (Å²) >= 11 is 1.57. The van der Waals surface area contributed by atoms with E-state index in [-0.39, 0.29) is 0 Å². The standard InChI is InChI=1S/C14H15N5O2S/c1-8-10(17-14(21-8)11-4-3-5-22-11)6-16-13-9(12(15)20)7-19(2)18-13/h3-5,7H,6H2,1-2H3,(H2,15,20)(H,16,18). The average molecular weight is 317 g/mol. The van der Waals surface area contributed by atoms with Gasteiger partial charge in [-0.2, -0.15) is 5.10 Å². The second-order valence-electron chi connectivity index (χ2n) is 4.78. The molecule has 0 aliphatic carbocycles. The molecule has 0 bridgehead atoms. The second-order valence-corrected chi connectivity index (χ2v) is 5.73. The monoisotopic (exact) mass is 317 g/mol. The lowest BCUT2D eigenvalue weighted by molar-refractivity contribution is 0.100. The lowest BCUT2D eigenvalue weighted by Gasteiger charge is -2.02. The molecule has 8 heteroatoms. The fourth-order valence-electron chi connectivity index (χ4n) is 2.06. The van der Waals surface area contributed by atoms with E-state index in [0.717, 1.165) is 16.3 Å². The Bertz CT molecular complexity index is 803. The normalized spacial score (nSPS) is 10.8. The minimum atomic E-state index is -0.522. The molecule has 0 unspecified atom stereocenters. The third-order valence-corrected chi connectivity index (χ3v) is 4.00. The number of carbonyl (C=O) groups is 1. The number of primary amides is 1. The van der Waals surface area contributed by atoms with Crippen LogP contribution in [0.5, 0.6) is 0 Å². The van der Waals surface area contributed by atoms with Gasteiger partial charge in [0.15, 0.2) is 5.82 Å². The Morgan fingerprint density at radius 1 is 1.55 bits per heavy atom. The topological polar surface area (TPSA) is 99.0 Å². The van der Waals surface area contributed by atoms with E-state index in [4.69, 9.17) is 10.2 Å². The van der Waals surface area contributed by atoms with E-state index in [9.17, 15) is 4.79 Å². The number of aromatic nitrogens is 3. The average Bonchev–Trinajstić information content (AvgIpc) is 3.16. The molecule has 0 radical (unpaired) electrons. The number of aryl methyl sites for hydroxylation is 2. The van der Waals surface area contributed by atoms with Crippen molar-refractivity contribution in [2.45, 2.75) is 13.5 Å². The minimum Gasteiger partial charge on any atom is -0.440 e. The summed E-state index contributed by atoms with van der Waals surface area (Å²) < 4.78 is 7.21. The van der Waals surface area contributed by atoms with E-state index < -0.39 is 5.91 Å². The summed E-state index contributed by atoms with van der Waals surface area (Å²) in [5.74, 6) is 1.25. The summed E-state index contributed by atoms with van der Waals surface area (Å²) in [6.45, 7) is 2.26. The minimum absolute atomic E-state index is 0.349. The highest BCUT2D eigenvalue weighted by Crippen LogP contribution is 2.26. The van der Waals surface area contributed by atoms with Crippen molar-refractivity contribution in [1.82, 2.24) is 14.8 Å². The number of nitrogens with one attached hydrogen (secondary N) is 1. The van der Waals surface area contributed by atoms with Crippen LogP contribution in [0.25, 0.3) is 10.8 Å². The van der Waals surface area contributed by atoms with Gasteiger partial charge in [-0.15, -0.1) is 11.3 Å². The molecule has 0 fully saturated rings. The predicted molar refractivity (Wildman–Crippen MR) is 83.6 cm³/mol. The number of carbonyl (C=O) groups excluding carboxylic acids is 1. The Kier molecular flexibility index (Phi) is 3.68. The summed E-state index contributed by atoms with van der Waals surface area (Å²) in [6.07, 6.45) is 1.58. The van der Waals surface area contributed by atoms with Gasteiger partial charge < -0.3 is 15.5 Å². The zero-order chi connectivity index (χ0) is 15.7. The van der Waals surface area contributed by atoms with Crippen molar-refractivity contribution in [3.8, 4) is 10.8 Å². The Labute approximate surface area is 130 Å². The van der Waals surface area contributed by atoms with Crippen LogP contribution in [0.1, 0.15) is 21.8 Å². The van der Waals surface area contributed by atoms with Gasteiger partial charge in [-0.1, -0.05) is 6.07 Å². The fraction of sp³-hybridized carbons (Fsp3) is 0.214. The van der Waals surface area contributed by atoms with Crippen LogP contribution < -0.4 is 11.1 Å². The van der Waals surface area contributed by atoms with Gasteiger partial charge >= 0.3 is 0 Å². The molecule has 0 spiro atoms. The van der Waals surface area contributed by atoms with Gasteiger partial charge in [-0.05, 0) is 18.4 Å². The van der Waals surface area contributed by atoms with Gasteiger partial charge in [0.05, 0.1) is 11.4 Å². The SMILES string of the molecule is Cc1oc(-c2cccs2)nc1CNc1nn(C)cc1C(N)=O. The first-order valence-electron chi connectivity index (χ1n) is 6.62. The Hall–Kier alpha value is -2.61. The van der Waals surface area contributed by atoms with Gasteiger partial charge in [0, 0.05) is 13.2 Å². The maximum atomic E-state index is 11.4. The van der Waals surface area contributed by atoms with Gasteiger partial charge in [0.1, 0.15) is 17.0 Å². The van der Waals surface area contributed by atoms with Gasteiger partial charge in [0.25, 0.3) is 5.91 Å². The molecule has 0 aromatic carbocycles. The first-order chi connectivity index (χ1) is 10.5. The summed E-state index contributed by atoms with van der Waals surface area (Å²) in [5, 5.41) is 9.23. The highest BCUT2D eigenvalue weighted by atomic mass is 32.1. The Morgan fingerprint density at radius 3 is 3.05 bits per heavy atom. The number of hydrogen-bond acceptors (Lipinski definition) is 6. The lowest BCUT2D eigenvalue weighted by atomic mass is 10.3. The molecule has 3 rings (SSSR count). The molecule has 7 nitrogen and oxygen atoms in total. The maximum Gasteiger partial charge on any atom is 0.254 e. The van der Waals surface area contributed by atoms with Crippen molar-refractivity contribution in [3.63, 3.8) is 0 Å². The van der Waals surface area contributed by atoms with Crippen molar-refractivity contribution >= 4 is 23.1 Å². The molecule has 0 saturated heterocycles. The van der Waals surface area contributed by atoms with Crippen LogP contribution in [0.4, 0.5) is 5.82 Å². The Balaban J connectivity index is 1.79. The molecule has 22 heavy (non-hydrogen) atoms. The number of nitrogens with two attached hydrogens (primary N) is 1. The molecule has 1 amide bonds. The third kappa shape index (κ3) is 2.73. The van der Waals surface area contributed by atoms with Crippen molar-refractivity contribution in [2.24, 2.45) is 12.8 Å². The first-order valence-corrected chi connectivity index (χ1v) is 7.50. The summed E-state index contributed by atoms with van der Waals surface area (Å²) in [6, 6.07) is 3.90. The van der Waals surface area contributed by atoms with Crippen LogP contribution >= 0.6 is 11.3 Å². The number of oxazole rings is 1. The van der Waals surface area contributed by atoms with Crippen LogP contribution in [-0.2, 0) is 13.6 Å². The molecule has 0 saturated carbocycles. The van der Waals surface area contributed by atoms with Crippen LogP contribution in [0.3, 0.4) is 0 Å². The summed E-state index contributed by atoms with van der Waals surface area (Å²) in [7, 11) is 1.73. The molecule has 3 heterocycles. The largest absolute Gasteiger partial charge is 0.440 e. The molecular weight excluding hydrogens is 302 g/mol. The van der Waals surface area contributed by atoms with Crippen molar-refractivity contribution in [1.29, 1.82) is 0 Å². The molecule has 3 aromatic rings. The van der Waals surface area contributed by atoms with Crippen LogP contribution in [0, 0.1) is 6.92 Å². The molecule has 0 atom stereocenters. The van der Waals surface area contributed by atoms with E-state index in [1.807, 2.05) is 24.4 Å². The number of rotatable bonds is 5. The van der Waals surface area contributed by atoms with Crippen molar-refractivity contribution in [2.75, 3.05) is 5.32 Å². The van der Waals surface area contributed by atoms with Crippen LogP contribution in [0.2, 0.25) is 0 Å². The van der Waals surface area contributed by atoms with Gasteiger partial charge in [-0.25, -0.2) is 4.98 Å². The second kappa shape index (κ2) is 5.64. The maximum absolute atomic E-state index is 11.4. The van der Waals surface area contributed by atoms with E-state index in [2.05, 4.69) is 15.4 Å². The zero-order valence-corrected chi connectivity index (χ0v) is 13.0. The number of thiophene rings is 1. The molecule has 114 valence electrons. The first kappa shape index (κ1) is 14.3. The molecule has 3 aromatic heterocycles. The number of anilines is 1. The van der Waals surface area contributed by atoms with E-state index in [0.29, 0.717) is 23.8 Å². The van der Waals surface area contributed by atoms with E-state index >= 15 is 0 Å². The molecule has 0 aliphatic heterocycles. The quantitative estimate of drug-likeness (QED) is 0.751. The highest BCUT2D eigenvalue weighted by Gasteiger charge is 2.15. The van der Waals surface area contributed by atoms with Crippen LogP contribution in [0.15, 0.2) is 28.1 Å². The zero-order valence-electron chi connectivity index (χ0n) is 12.2. The predicted octanol–water partition coefficient (Wildman–Crippen LogP) is 2.16. The number of nitrogens with zero attached hydrogens (tertiary/aromatic N) is 3. The van der Waals surface area contributed by atoms with Gasteiger partial charge in [0.2, 0.25) is 5.89 Å². The Morgan fingerprint density at radius 2 is 2.36 bits per heavy atom. The van der Waals surface area contributed by atoms with Crippen molar-refractivity contribution in [3.05, 3.63) is 40.7 Å². The lowest BCUT2D eigenvalue weighted by Crippen LogP contribution is -2.13. The molecular formula is C14H15N5O2S.